The first-order valence-electron chi connectivity index (χ1n) is 9.14. The minimum Gasteiger partial charge on any atom is -0.454 e. The molecule has 1 aromatic heterocycles. The monoisotopic (exact) mass is 369 g/mol. The molecule has 2 aromatic rings. The van der Waals surface area contributed by atoms with Crippen LogP contribution >= 0.6 is 0 Å². The number of piperidine rings is 1. The molecule has 0 saturated carbocycles. The van der Waals surface area contributed by atoms with E-state index in [0.29, 0.717) is 50.5 Å². The van der Waals surface area contributed by atoms with E-state index in [1.54, 1.807) is 6.20 Å². The van der Waals surface area contributed by atoms with Gasteiger partial charge in [0.25, 0.3) is 0 Å². The smallest absolute Gasteiger partial charge is 0.234 e. The Morgan fingerprint density at radius 3 is 2.78 bits per heavy atom. The molecule has 7 heteroatoms. The Morgan fingerprint density at radius 2 is 2.00 bits per heavy atom. The second-order valence-corrected chi connectivity index (χ2v) is 6.99. The summed E-state index contributed by atoms with van der Waals surface area (Å²) in [6.07, 6.45) is 2.84. The molecule has 0 radical (unpaired) electrons. The van der Waals surface area contributed by atoms with Crippen molar-refractivity contribution in [2.24, 2.45) is 0 Å². The zero-order valence-corrected chi connectivity index (χ0v) is 15.1. The number of ether oxygens (including phenoxy) is 2. The molecule has 0 atom stereocenters. The summed E-state index contributed by atoms with van der Waals surface area (Å²) in [6, 6.07) is 11.2. The molecule has 0 spiro atoms. The van der Waals surface area contributed by atoms with Crippen molar-refractivity contribution in [1.82, 2.24) is 15.2 Å². The predicted octanol–water partition coefficient (Wildman–Crippen LogP) is 1.41. The van der Waals surface area contributed by atoms with Gasteiger partial charge in [-0.2, -0.15) is 0 Å². The first-order valence-corrected chi connectivity index (χ1v) is 9.14. The summed E-state index contributed by atoms with van der Waals surface area (Å²) < 4.78 is 10.6. The molecule has 0 aliphatic carbocycles. The standard InChI is InChI=1S/C20H23N3O4/c24-19(22-12-15-4-5-16-17(11-15)27-14-26-16)13-23-9-6-20(25,7-10-23)18-3-1-2-8-21-18/h1-5,8,11,25H,6-7,9-10,12-14H2,(H,22,24). The average molecular weight is 369 g/mol. The second-order valence-electron chi connectivity index (χ2n) is 6.99. The van der Waals surface area contributed by atoms with Gasteiger partial charge in [0.2, 0.25) is 12.7 Å². The van der Waals surface area contributed by atoms with Gasteiger partial charge in [0.1, 0.15) is 5.60 Å². The van der Waals surface area contributed by atoms with Crippen molar-refractivity contribution in [2.45, 2.75) is 25.0 Å². The Kier molecular flexibility index (Phi) is 4.96. The number of fused-ring (bicyclic) bond motifs is 1. The molecular weight excluding hydrogens is 346 g/mol. The number of hydrogen-bond acceptors (Lipinski definition) is 6. The highest BCUT2D eigenvalue weighted by Gasteiger charge is 2.35. The van der Waals surface area contributed by atoms with Crippen LogP contribution in [0.15, 0.2) is 42.6 Å². The fourth-order valence-corrected chi connectivity index (χ4v) is 3.49. The summed E-state index contributed by atoms with van der Waals surface area (Å²) in [5.74, 6) is 1.42. The first-order chi connectivity index (χ1) is 13.1. The largest absolute Gasteiger partial charge is 0.454 e. The predicted molar refractivity (Wildman–Crippen MR) is 98.2 cm³/mol. The van der Waals surface area contributed by atoms with Crippen molar-refractivity contribution in [1.29, 1.82) is 0 Å². The van der Waals surface area contributed by atoms with E-state index in [9.17, 15) is 9.90 Å². The molecule has 0 bridgehead atoms. The lowest BCUT2D eigenvalue weighted by Crippen LogP contribution is -2.46. The second kappa shape index (κ2) is 7.54. The number of aromatic nitrogens is 1. The molecule has 0 unspecified atom stereocenters. The highest BCUT2D eigenvalue weighted by Crippen LogP contribution is 2.33. The topological polar surface area (TPSA) is 83.9 Å². The maximum atomic E-state index is 12.3. The molecule has 4 rings (SSSR count). The lowest BCUT2D eigenvalue weighted by Gasteiger charge is -2.37. The molecule has 1 fully saturated rings. The molecule has 27 heavy (non-hydrogen) atoms. The van der Waals surface area contributed by atoms with Crippen molar-refractivity contribution in [3.05, 3.63) is 53.9 Å². The Balaban J connectivity index is 1.25. The number of rotatable bonds is 5. The highest BCUT2D eigenvalue weighted by molar-refractivity contribution is 5.78. The lowest BCUT2D eigenvalue weighted by molar-refractivity contribution is -0.123. The number of pyridine rings is 1. The fourth-order valence-electron chi connectivity index (χ4n) is 3.49. The van der Waals surface area contributed by atoms with Gasteiger partial charge >= 0.3 is 0 Å². The zero-order valence-electron chi connectivity index (χ0n) is 15.1. The van der Waals surface area contributed by atoms with Gasteiger partial charge in [-0.05, 0) is 42.7 Å². The van der Waals surface area contributed by atoms with Crippen LogP contribution < -0.4 is 14.8 Å². The molecule has 3 heterocycles. The van der Waals surface area contributed by atoms with Crippen LogP contribution in [0, 0.1) is 0 Å². The SMILES string of the molecule is O=C(CN1CCC(O)(c2ccccn2)CC1)NCc1ccc2c(c1)OCO2. The summed E-state index contributed by atoms with van der Waals surface area (Å²) in [6.45, 7) is 2.32. The molecule has 7 nitrogen and oxygen atoms in total. The van der Waals surface area contributed by atoms with E-state index < -0.39 is 5.60 Å². The number of nitrogens with one attached hydrogen (secondary N) is 1. The van der Waals surface area contributed by atoms with E-state index in [4.69, 9.17) is 9.47 Å². The Hall–Kier alpha value is -2.64. The van der Waals surface area contributed by atoms with Crippen LogP contribution in [0.5, 0.6) is 11.5 Å². The highest BCUT2D eigenvalue weighted by atomic mass is 16.7. The average Bonchev–Trinajstić information content (AvgIpc) is 3.17. The van der Waals surface area contributed by atoms with Crippen LogP contribution in [-0.4, -0.2) is 47.3 Å². The van der Waals surface area contributed by atoms with E-state index in [1.165, 1.54) is 0 Å². The molecular formula is C20H23N3O4. The van der Waals surface area contributed by atoms with Crippen molar-refractivity contribution >= 4 is 5.91 Å². The Bertz CT molecular complexity index is 804. The molecule has 2 N–H and O–H groups in total. The fraction of sp³-hybridized carbons (Fsp3) is 0.400. The number of benzene rings is 1. The zero-order chi connectivity index (χ0) is 18.7. The number of hydrogen-bond donors (Lipinski definition) is 2. The van der Waals surface area contributed by atoms with Crippen molar-refractivity contribution in [3.8, 4) is 11.5 Å². The molecule has 142 valence electrons. The summed E-state index contributed by atoms with van der Waals surface area (Å²) >= 11 is 0. The number of likely N-dealkylation sites (tertiary alicyclic amines) is 1. The third kappa shape index (κ3) is 4.04. The maximum Gasteiger partial charge on any atom is 0.234 e. The van der Waals surface area contributed by atoms with E-state index in [0.717, 1.165) is 11.3 Å². The van der Waals surface area contributed by atoms with E-state index >= 15 is 0 Å². The van der Waals surface area contributed by atoms with Crippen LogP contribution in [0.2, 0.25) is 0 Å². The normalized spacial score (nSPS) is 18.3. The van der Waals surface area contributed by atoms with Gasteiger partial charge in [-0.15, -0.1) is 0 Å². The molecule has 1 saturated heterocycles. The van der Waals surface area contributed by atoms with E-state index in [2.05, 4.69) is 15.2 Å². The van der Waals surface area contributed by atoms with Gasteiger partial charge in [0.15, 0.2) is 11.5 Å². The summed E-state index contributed by atoms with van der Waals surface area (Å²) in [7, 11) is 0. The van der Waals surface area contributed by atoms with Gasteiger partial charge < -0.3 is 19.9 Å². The van der Waals surface area contributed by atoms with Gasteiger partial charge in [0, 0.05) is 25.8 Å². The number of carbonyl (C=O) groups excluding carboxylic acids is 1. The molecule has 2 aliphatic rings. The lowest BCUT2D eigenvalue weighted by atomic mass is 9.88. The van der Waals surface area contributed by atoms with Gasteiger partial charge in [-0.25, -0.2) is 0 Å². The minimum absolute atomic E-state index is 0.0315. The molecule has 2 aliphatic heterocycles. The van der Waals surface area contributed by atoms with Crippen molar-refractivity contribution in [3.63, 3.8) is 0 Å². The number of carbonyl (C=O) groups is 1. The maximum absolute atomic E-state index is 12.3. The number of aliphatic hydroxyl groups is 1. The molecule has 1 aromatic carbocycles. The first kappa shape index (κ1) is 17.8. The molecule has 1 amide bonds. The van der Waals surface area contributed by atoms with Crippen LogP contribution in [-0.2, 0) is 16.9 Å². The summed E-state index contributed by atoms with van der Waals surface area (Å²) in [4.78, 5) is 18.6. The number of amides is 1. The summed E-state index contributed by atoms with van der Waals surface area (Å²) in [5, 5.41) is 13.7. The van der Waals surface area contributed by atoms with Gasteiger partial charge in [0.05, 0.1) is 12.2 Å². The van der Waals surface area contributed by atoms with Crippen molar-refractivity contribution in [2.75, 3.05) is 26.4 Å². The summed E-state index contributed by atoms with van der Waals surface area (Å²) in [5.41, 5.74) is 0.772. The van der Waals surface area contributed by atoms with Gasteiger partial charge in [-0.1, -0.05) is 12.1 Å². The Labute approximate surface area is 157 Å². The third-order valence-electron chi connectivity index (χ3n) is 5.12. The van der Waals surface area contributed by atoms with Crippen molar-refractivity contribution < 1.29 is 19.4 Å². The minimum atomic E-state index is -0.902. The number of nitrogens with zero attached hydrogens (tertiary/aromatic N) is 2. The Morgan fingerprint density at radius 1 is 1.19 bits per heavy atom. The van der Waals surface area contributed by atoms with Crippen LogP contribution in [0.3, 0.4) is 0 Å². The van der Waals surface area contributed by atoms with Gasteiger partial charge in [-0.3, -0.25) is 14.7 Å². The van der Waals surface area contributed by atoms with Crippen LogP contribution in [0.25, 0.3) is 0 Å². The van der Waals surface area contributed by atoms with E-state index in [1.807, 2.05) is 36.4 Å². The third-order valence-corrected chi connectivity index (χ3v) is 5.12. The van der Waals surface area contributed by atoms with Crippen LogP contribution in [0.4, 0.5) is 0 Å². The van der Waals surface area contributed by atoms with E-state index in [-0.39, 0.29) is 12.7 Å². The quantitative estimate of drug-likeness (QED) is 0.829. The van der Waals surface area contributed by atoms with Crippen LogP contribution in [0.1, 0.15) is 24.1 Å².